The number of nitrogens with zero attached hydrogens (tertiary/aromatic N) is 2. The van der Waals surface area contributed by atoms with Gasteiger partial charge >= 0.3 is 0 Å². The van der Waals surface area contributed by atoms with Crippen molar-refractivity contribution in [2.24, 2.45) is 5.92 Å². The summed E-state index contributed by atoms with van der Waals surface area (Å²) in [4.78, 5) is 18.2. The third-order valence-corrected chi connectivity index (χ3v) is 3.69. The molecule has 0 saturated carbocycles. The zero-order chi connectivity index (χ0) is 13.0. The number of pyridine rings is 1. The summed E-state index contributed by atoms with van der Waals surface area (Å²) in [6.07, 6.45) is 5.33. The number of amides is 1. The maximum atomic E-state index is 12.3. The summed E-state index contributed by atoms with van der Waals surface area (Å²) in [6.45, 7) is 2.40. The Morgan fingerprint density at radius 2 is 2.22 bits per heavy atom. The smallest absolute Gasteiger partial charge is 0.255 e. The molecule has 1 aliphatic rings. The lowest BCUT2D eigenvalue weighted by molar-refractivity contribution is 0.0613. The van der Waals surface area contributed by atoms with E-state index in [1.54, 1.807) is 19.5 Å². The Bertz CT molecular complexity index is 417. The second-order valence-electron chi connectivity index (χ2n) is 4.58. The first-order chi connectivity index (χ1) is 8.70. The molecule has 0 atom stereocenters. The zero-order valence-electron chi connectivity index (χ0n) is 10.4. The molecule has 1 aliphatic heterocycles. The SMILES string of the molecule is COCC1CCN(C(=O)c2cncc(Br)c2)CC1. The molecule has 1 amide bonds. The number of carbonyl (C=O) groups is 1. The van der Waals surface area contributed by atoms with Gasteiger partial charge in [0.25, 0.3) is 5.91 Å². The van der Waals surface area contributed by atoms with Gasteiger partial charge in [0.05, 0.1) is 5.56 Å². The van der Waals surface area contributed by atoms with Gasteiger partial charge in [0.1, 0.15) is 0 Å². The van der Waals surface area contributed by atoms with Gasteiger partial charge < -0.3 is 9.64 Å². The summed E-state index contributed by atoms with van der Waals surface area (Å²) < 4.78 is 5.99. The first-order valence-corrected chi connectivity index (χ1v) is 6.88. The predicted molar refractivity (Wildman–Crippen MR) is 72.4 cm³/mol. The first kappa shape index (κ1) is 13.5. The van der Waals surface area contributed by atoms with E-state index >= 15 is 0 Å². The zero-order valence-corrected chi connectivity index (χ0v) is 12.0. The molecule has 2 rings (SSSR count). The lowest BCUT2D eigenvalue weighted by Gasteiger charge is -2.31. The maximum absolute atomic E-state index is 12.3. The summed E-state index contributed by atoms with van der Waals surface area (Å²) in [5.41, 5.74) is 0.648. The van der Waals surface area contributed by atoms with Crippen LogP contribution in [0.5, 0.6) is 0 Å². The average Bonchev–Trinajstić information content (AvgIpc) is 2.39. The van der Waals surface area contributed by atoms with Crippen molar-refractivity contribution >= 4 is 21.8 Å². The highest BCUT2D eigenvalue weighted by Gasteiger charge is 2.23. The Morgan fingerprint density at radius 3 is 2.83 bits per heavy atom. The highest BCUT2D eigenvalue weighted by Crippen LogP contribution is 2.20. The van der Waals surface area contributed by atoms with E-state index < -0.39 is 0 Å². The molecule has 1 aromatic rings. The molecular formula is C13H17BrN2O2. The first-order valence-electron chi connectivity index (χ1n) is 6.09. The minimum atomic E-state index is 0.0691. The van der Waals surface area contributed by atoms with E-state index in [0.29, 0.717) is 11.5 Å². The van der Waals surface area contributed by atoms with Crippen molar-refractivity contribution in [3.05, 3.63) is 28.5 Å². The van der Waals surface area contributed by atoms with Gasteiger partial charge in [0.2, 0.25) is 0 Å². The summed E-state index contributed by atoms with van der Waals surface area (Å²) in [5, 5.41) is 0. The fourth-order valence-corrected chi connectivity index (χ4v) is 2.61. The van der Waals surface area contributed by atoms with Crippen LogP contribution in [-0.2, 0) is 4.74 Å². The van der Waals surface area contributed by atoms with Crippen LogP contribution in [-0.4, -0.2) is 42.6 Å². The molecule has 18 heavy (non-hydrogen) atoms. The molecule has 1 saturated heterocycles. The van der Waals surface area contributed by atoms with E-state index in [4.69, 9.17) is 4.74 Å². The van der Waals surface area contributed by atoms with Crippen molar-refractivity contribution in [1.82, 2.24) is 9.88 Å². The summed E-state index contributed by atoms with van der Waals surface area (Å²) in [7, 11) is 1.73. The van der Waals surface area contributed by atoms with E-state index in [1.165, 1.54) is 0 Å². The second kappa shape index (κ2) is 6.29. The lowest BCUT2D eigenvalue weighted by Crippen LogP contribution is -2.39. The van der Waals surface area contributed by atoms with Crippen LogP contribution in [0.25, 0.3) is 0 Å². The average molecular weight is 313 g/mol. The van der Waals surface area contributed by atoms with Crippen LogP contribution in [0.1, 0.15) is 23.2 Å². The van der Waals surface area contributed by atoms with Crippen molar-refractivity contribution < 1.29 is 9.53 Å². The van der Waals surface area contributed by atoms with Gasteiger partial charge in [0, 0.05) is 43.7 Å². The number of carbonyl (C=O) groups excluding carboxylic acids is 1. The molecule has 0 aliphatic carbocycles. The fraction of sp³-hybridized carbons (Fsp3) is 0.538. The third-order valence-electron chi connectivity index (χ3n) is 3.26. The van der Waals surface area contributed by atoms with Crippen molar-refractivity contribution in [2.45, 2.75) is 12.8 Å². The molecule has 98 valence electrons. The highest BCUT2D eigenvalue weighted by molar-refractivity contribution is 9.10. The number of piperidine rings is 1. The molecule has 0 N–H and O–H groups in total. The number of hydrogen-bond acceptors (Lipinski definition) is 3. The molecule has 5 heteroatoms. The third kappa shape index (κ3) is 3.29. The Hall–Kier alpha value is -0.940. The fourth-order valence-electron chi connectivity index (χ4n) is 2.25. The summed E-state index contributed by atoms with van der Waals surface area (Å²) in [5.74, 6) is 0.652. The predicted octanol–water partition coefficient (Wildman–Crippen LogP) is 2.34. The molecule has 2 heterocycles. The van der Waals surface area contributed by atoms with Gasteiger partial charge in [-0.3, -0.25) is 9.78 Å². The number of likely N-dealkylation sites (tertiary alicyclic amines) is 1. The topological polar surface area (TPSA) is 42.4 Å². The number of halogens is 1. The van der Waals surface area contributed by atoms with E-state index in [2.05, 4.69) is 20.9 Å². The van der Waals surface area contributed by atoms with E-state index in [-0.39, 0.29) is 5.91 Å². The monoisotopic (exact) mass is 312 g/mol. The summed E-state index contributed by atoms with van der Waals surface area (Å²) >= 11 is 3.33. The second-order valence-corrected chi connectivity index (χ2v) is 5.50. The van der Waals surface area contributed by atoms with E-state index in [0.717, 1.165) is 37.0 Å². The Kier molecular flexibility index (Phi) is 4.72. The van der Waals surface area contributed by atoms with E-state index in [9.17, 15) is 4.79 Å². The van der Waals surface area contributed by atoms with Crippen LogP contribution in [0.3, 0.4) is 0 Å². The van der Waals surface area contributed by atoms with Crippen LogP contribution in [0.2, 0.25) is 0 Å². The minimum absolute atomic E-state index is 0.0691. The highest BCUT2D eigenvalue weighted by atomic mass is 79.9. The number of methoxy groups -OCH3 is 1. The van der Waals surface area contributed by atoms with E-state index in [1.807, 2.05) is 11.0 Å². The van der Waals surface area contributed by atoms with Crippen LogP contribution >= 0.6 is 15.9 Å². The van der Waals surface area contributed by atoms with Gasteiger partial charge in [-0.1, -0.05) is 0 Å². The quantitative estimate of drug-likeness (QED) is 0.860. The van der Waals surface area contributed by atoms with Gasteiger partial charge in [-0.2, -0.15) is 0 Å². The molecule has 0 unspecified atom stereocenters. The van der Waals surface area contributed by atoms with Crippen LogP contribution < -0.4 is 0 Å². The van der Waals surface area contributed by atoms with Gasteiger partial charge in [-0.25, -0.2) is 0 Å². The van der Waals surface area contributed by atoms with Gasteiger partial charge in [-0.15, -0.1) is 0 Å². The van der Waals surface area contributed by atoms with Crippen LogP contribution in [0.15, 0.2) is 22.9 Å². The number of hydrogen-bond donors (Lipinski definition) is 0. The van der Waals surface area contributed by atoms with Gasteiger partial charge in [0.15, 0.2) is 0 Å². The molecule has 0 radical (unpaired) electrons. The Balaban J connectivity index is 1.95. The number of aromatic nitrogens is 1. The molecule has 0 spiro atoms. The van der Waals surface area contributed by atoms with Crippen LogP contribution in [0, 0.1) is 5.92 Å². The van der Waals surface area contributed by atoms with Crippen molar-refractivity contribution in [3.8, 4) is 0 Å². The maximum Gasteiger partial charge on any atom is 0.255 e. The molecule has 1 aromatic heterocycles. The lowest BCUT2D eigenvalue weighted by atomic mass is 9.97. The minimum Gasteiger partial charge on any atom is -0.384 e. The van der Waals surface area contributed by atoms with Crippen molar-refractivity contribution in [1.29, 1.82) is 0 Å². The standard InChI is InChI=1S/C13H17BrN2O2/c1-18-9-10-2-4-16(5-3-10)13(17)11-6-12(14)8-15-7-11/h6-8,10H,2-5,9H2,1H3. The van der Waals surface area contributed by atoms with Crippen molar-refractivity contribution in [2.75, 3.05) is 26.8 Å². The largest absolute Gasteiger partial charge is 0.384 e. The molecule has 4 nitrogen and oxygen atoms in total. The molecule has 1 fully saturated rings. The summed E-state index contributed by atoms with van der Waals surface area (Å²) in [6, 6.07) is 1.82. The van der Waals surface area contributed by atoms with Gasteiger partial charge in [-0.05, 0) is 40.8 Å². The molecule has 0 bridgehead atoms. The Labute approximate surface area is 115 Å². The van der Waals surface area contributed by atoms with Crippen LogP contribution in [0.4, 0.5) is 0 Å². The normalized spacial score (nSPS) is 16.9. The Morgan fingerprint density at radius 1 is 1.50 bits per heavy atom. The van der Waals surface area contributed by atoms with Crippen molar-refractivity contribution in [3.63, 3.8) is 0 Å². The molecular weight excluding hydrogens is 296 g/mol. The number of ether oxygens (including phenoxy) is 1. The molecule has 0 aromatic carbocycles. The number of rotatable bonds is 3.